The molecule has 0 aromatic carbocycles. The van der Waals surface area contributed by atoms with Gasteiger partial charge in [0.1, 0.15) is 11.6 Å². The number of anilines is 3. The van der Waals surface area contributed by atoms with Gasteiger partial charge in [0.15, 0.2) is 5.82 Å². The second-order valence-corrected chi connectivity index (χ2v) is 6.58. The molecule has 0 aliphatic rings. The molecule has 0 atom stereocenters. The number of nitrogens with one attached hydrogen (secondary N) is 3. The fourth-order valence-corrected chi connectivity index (χ4v) is 1.80. The highest BCUT2D eigenvalue weighted by Gasteiger charge is 2.20. The highest BCUT2D eigenvalue weighted by Crippen LogP contribution is 2.13. The lowest BCUT2D eigenvalue weighted by Gasteiger charge is -2.17. The van der Waals surface area contributed by atoms with Gasteiger partial charge in [-0.05, 0) is 30.7 Å². The lowest BCUT2D eigenvalue weighted by Crippen LogP contribution is -2.37. The largest absolute Gasteiger partial charge is 0.367 e. The standard InChI is InChI=1S/C17H24N6O/c1-12-5-6-13(20-11-12)21-15-8-7-14(22-23-15)18-9-10-19-16(24)17(2,3)4/h5-8,11H,9-10H2,1-4H3,(H,18,22)(H,19,24)(H,20,21,23). The van der Waals surface area contributed by atoms with E-state index in [-0.39, 0.29) is 11.3 Å². The molecule has 0 aliphatic heterocycles. The predicted molar refractivity (Wildman–Crippen MR) is 95.2 cm³/mol. The summed E-state index contributed by atoms with van der Waals surface area (Å²) in [5.41, 5.74) is 0.724. The second-order valence-electron chi connectivity index (χ2n) is 6.58. The van der Waals surface area contributed by atoms with Gasteiger partial charge in [0.25, 0.3) is 0 Å². The van der Waals surface area contributed by atoms with Crippen LogP contribution < -0.4 is 16.0 Å². The lowest BCUT2D eigenvalue weighted by molar-refractivity contribution is -0.128. The molecular weight excluding hydrogens is 304 g/mol. The molecule has 2 heterocycles. The van der Waals surface area contributed by atoms with Crippen LogP contribution in [-0.4, -0.2) is 34.2 Å². The van der Waals surface area contributed by atoms with Gasteiger partial charge in [0.05, 0.1) is 0 Å². The van der Waals surface area contributed by atoms with E-state index in [0.717, 1.165) is 11.4 Å². The number of carbonyl (C=O) groups is 1. The average Bonchev–Trinajstić information content (AvgIpc) is 2.54. The molecule has 0 fully saturated rings. The van der Waals surface area contributed by atoms with Crippen molar-refractivity contribution < 1.29 is 4.79 Å². The van der Waals surface area contributed by atoms with Crippen molar-refractivity contribution in [2.45, 2.75) is 27.7 Å². The number of hydrogen-bond acceptors (Lipinski definition) is 6. The molecule has 3 N–H and O–H groups in total. The van der Waals surface area contributed by atoms with E-state index in [9.17, 15) is 4.79 Å². The van der Waals surface area contributed by atoms with E-state index in [0.29, 0.717) is 24.7 Å². The van der Waals surface area contributed by atoms with Gasteiger partial charge in [0.2, 0.25) is 5.91 Å². The molecule has 0 unspecified atom stereocenters. The lowest BCUT2D eigenvalue weighted by atomic mass is 9.96. The molecule has 0 spiro atoms. The minimum atomic E-state index is -0.378. The molecule has 2 aromatic rings. The molecule has 7 nitrogen and oxygen atoms in total. The van der Waals surface area contributed by atoms with Gasteiger partial charge >= 0.3 is 0 Å². The van der Waals surface area contributed by atoms with Gasteiger partial charge in [-0.1, -0.05) is 26.8 Å². The van der Waals surface area contributed by atoms with Gasteiger partial charge in [-0.25, -0.2) is 4.98 Å². The fraction of sp³-hybridized carbons (Fsp3) is 0.412. The third-order valence-electron chi connectivity index (χ3n) is 3.23. The number of hydrogen-bond donors (Lipinski definition) is 3. The Hall–Kier alpha value is -2.70. The molecule has 0 saturated carbocycles. The van der Waals surface area contributed by atoms with Crippen molar-refractivity contribution >= 4 is 23.4 Å². The SMILES string of the molecule is Cc1ccc(Nc2ccc(NCCNC(=O)C(C)(C)C)nn2)nc1. The van der Waals surface area contributed by atoms with E-state index in [1.165, 1.54) is 0 Å². The van der Waals surface area contributed by atoms with Crippen LogP contribution in [-0.2, 0) is 4.79 Å². The summed E-state index contributed by atoms with van der Waals surface area (Å²) in [5.74, 6) is 2.03. The second kappa shape index (κ2) is 7.72. The first-order valence-electron chi connectivity index (χ1n) is 7.90. The highest BCUT2D eigenvalue weighted by molar-refractivity contribution is 5.81. The summed E-state index contributed by atoms with van der Waals surface area (Å²) < 4.78 is 0. The maximum absolute atomic E-state index is 11.7. The molecule has 0 bridgehead atoms. The van der Waals surface area contributed by atoms with Gasteiger partial charge in [0, 0.05) is 24.7 Å². The number of amides is 1. The van der Waals surface area contributed by atoms with Crippen LogP contribution in [0.15, 0.2) is 30.5 Å². The Morgan fingerprint density at radius 2 is 1.67 bits per heavy atom. The summed E-state index contributed by atoms with van der Waals surface area (Å²) >= 11 is 0. The van der Waals surface area contributed by atoms with Gasteiger partial charge in [-0.2, -0.15) is 0 Å². The van der Waals surface area contributed by atoms with Gasteiger partial charge in [-0.15, -0.1) is 10.2 Å². The number of pyridine rings is 1. The first-order chi connectivity index (χ1) is 11.3. The first-order valence-corrected chi connectivity index (χ1v) is 7.90. The normalized spacial score (nSPS) is 11.0. The third kappa shape index (κ3) is 5.49. The Morgan fingerprint density at radius 1 is 1.00 bits per heavy atom. The molecule has 24 heavy (non-hydrogen) atoms. The molecule has 0 aliphatic carbocycles. The molecule has 2 rings (SSSR count). The minimum absolute atomic E-state index is 0.0283. The average molecular weight is 328 g/mol. The zero-order chi connectivity index (χ0) is 17.6. The van der Waals surface area contributed by atoms with Crippen molar-refractivity contribution in [1.29, 1.82) is 0 Å². The summed E-state index contributed by atoms with van der Waals surface area (Å²) in [6.45, 7) is 8.76. The summed E-state index contributed by atoms with van der Waals surface area (Å²) in [6.07, 6.45) is 1.79. The van der Waals surface area contributed by atoms with Gasteiger partial charge in [-0.3, -0.25) is 4.79 Å². The van der Waals surface area contributed by atoms with Crippen molar-refractivity contribution in [2.75, 3.05) is 23.7 Å². The minimum Gasteiger partial charge on any atom is -0.367 e. The van der Waals surface area contributed by atoms with Crippen molar-refractivity contribution in [1.82, 2.24) is 20.5 Å². The molecule has 7 heteroatoms. The van der Waals surface area contributed by atoms with Crippen molar-refractivity contribution in [3.8, 4) is 0 Å². The molecule has 2 aromatic heterocycles. The Balaban J connectivity index is 1.78. The molecular formula is C17H24N6O. The number of carbonyl (C=O) groups excluding carboxylic acids is 1. The first kappa shape index (κ1) is 17.7. The van der Waals surface area contributed by atoms with Gasteiger partial charge < -0.3 is 16.0 Å². The molecule has 1 amide bonds. The van der Waals surface area contributed by atoms with Crippen molar-refractivity contribution in [3.63, 3.8) is 0 Å². The van der Waals surface area contributed by atoms with Crippen molar-refractivity contribution in [3.05, 3.63) is 36.0 Å². The quantitative estimate of drug-likeness (QED) is 0.706. The number of aryl methyl sites for hydroxylation is 1. The van der Waals surface area contributed by atoms with Crippen LogP contribution in [0.5, 0.6) is 0 Å². The van der Waals surface area contributed by atoms with Crippen LogP contribution >= 0.6 is 0 Å². The van der Waals surface area contributed by atoms with E-state index in [1.807, 2.05) is 52.0 Å². The molecule has 0 radical (unpaired) electrons. The monoisotopic (exact) mass is 328 g/mol. The summed E-state index contributed by atoms with van der Waals surface area (Å²) in [6, 6.07) is 7.52. The van der Waals surface area contributed by atoms with E-state index in [1.54, 1.807) is 6.20 Å². The number of nitrogens with zero attached hydrogens (tertiary/aromatic N) is 3. The van der Waals surface area contributed by atoms with E-state index < -0.39 is 0 Å². The zero-order valence-corrected chi connectivity index (χ0v) is 14.6. The van der Waals surface area contributed by atoms with Crippen molar-refractivity contribution in [2.24, 2.45) is 5.41 Å². The van der Waals surface area contributed by atoms with Crippen LogP contribution in [0, 0.1) is 12.3 Å². The smallest absolute Gasteiger partial charge is 0.225 e. The summed E-state index contributed by atoms with van der Waals surface area (Å²) in [5, 5.41) is 17.3. The summed E-state index contributed by atoms with van der Waals surface area (Å²) in [7, 11) is 0. The number of aromatic nitrogens is 3. The maximum Gasteiger partial charge on any atom is 0.225 e. The Kier molecular flexibility index (Phi) is 5.68. The van der Waals surface area contributed by atoms with Crippen LogP contribution in [0.2, 0.25) is 0 Å². The van der Waals surface area contributed by atoms with Crippen LogP contribution in [0.4, 0.5) is 17.5 Å². The Morgan fingerprint density at radius 3 is 2.25 bits per heavy atom. The fourth-order valence-electron chi connectivity index (χ4n) is 1.80. The molecule has 128 valence electrons. The highest BCUT2D eigenvalue weighted by atomic mass is 16.2. The van der Waals surface area contributed by atoms with Crippen LogP contribution in [0.1, 0.15) is 26.3 Å². The Labute approximate surface area is 142 Å². The van der Waals surface area contributed by atoms with Crippen LogP contribution in [0.25, 0.3) is 0 Å². The van der Waals surface area contributed by atoms with E-state index >= 15 is 0 Å². The zero-order valence-electron chi connectivity index (χ0n) is 14.6. The summed E-state index contributed by atoms with van der Waals surface area (Å²) in [4.78, 5) is 16.0. The number of rotatable bonds is 6. The van der Waals surface area contributed by atoms with Crippen LogP contribution in [0.3, 0.4) is 0 Å². The van der Waals surface area contributed by atoms with E-state index in [2.05, 4.69) is 31.1 Å². The molecule has 0 saturated heterocycles. The third-order valence-corrected chi connectivity index (χ3v) is 3.23. The Bertz CT molecular complexity index is 661. The predicted octanol–water partition coefficient (Wildman–Crippen LogP) is 2.50. The maximum atomic E-state index is 11.7. The topological polar surface area (TPSA) is 91.8 Å². The van der Waals surface area contributed by atoms with E-state index in [4.69, 9.17) is 0 Å².